The Bertz CT molecular complexity index is 897. The number of nitrogens with one attached hydrogen (secondary N) is 1. The summed E-state index contributed by atoms with van der Waals surface area (Å²) in [4.78, 5) is 22.2. The van der Waals surface area contributed by atoms with Crippen LogP contribution in [0.2, 0.25) is 0 Å². The van der Waals surface area contributed by atoms with E-state index in [1.165, 1.54) is 0 Å². The van der Waals surface area contributed by atoms with Gasteiger partial charge >= 0.3 is 6.09 Å². The lowest BCUT2D eigenvalue weighted by Crippen LogP contribution is -2.23. The van der Waals surface area contributed by atoms with Gasteiger partial charge in [-0.2, -0.15) is 0 Å². The third kappa shape index (κ3) is 2.86. The van der Waals surface area contributed by atoms with E-state index in [0.717, 1.165) is 28.1 Å². The molecular formula is C18H16N4O2. The zero-order chi connectivity index (χ0) is 16.4. The van der Waals surface area contributed by atoms with Gasteiger partial charge in [-0.3, -0.25) is 9.88 Å². The molecule has 1 N–H and O–H groups in total. The summed E-state index contributed by atoms with van der Waals surface area (Å²) in [5.74, 6) is 0.722. The maximum Gasteiger partial charge on any atom is 0.414 e. The van der Waals surface area contributed by atoms with Crippen LogP contribution in [-0.4, -0.2) is 29.2 Å². The number of benzene rings is 2. The number of carbonyl (C=O) groups excluding carboxylic acids is 1. The minimum atomic E-state index is -0.291. The molecule has 1 aromatic heterocycles. The Morgan fingerprint density at radius 1 is 1.12 bits per heavy atom. The van der Waals surface area contributed by atoms with Gasteiger partial charge in [0.2, 0.25) is 0 Å². The first-order valence-corrected chi connectivity index (χ1v) is 7.78. The lowest BCUT2D eigenvalue weighted by Gasteiger charge is -2.14. The summed E-state index contributed by atoms with van der Waals surface area (Å²) in [6, 6.07) is 15.6. The fourth-order valence-electron chi connectivity index (χ4n) is 2.70. The van der Waals surface area contributed by atoms with Gasteiger partial charge in [0.15, 0.2) is 0 Å². The number of ether oxygens (including phenoxy) is 1. The summed E-state index contributed by atoms with van der Waals surface area (Å²) in [5, 5.41) is 3.27. The Kier molecular flexibility index (Phi) is 3.70. The molecule has 3 aromatic rings. The van der Waals surface area contributed by atoms with Crippen molar-refractivity contribution in [3.8, 4) is 0 Å². The van der Waals surface area contributed by atoms with Gasteiger partial charge in [0.1, 0.15) is 12.4 Å². The average Bonchev–Trinajstić information content (AvgIpc) is 3.06. The molecule has 0 unspecified atom stereocenters. The highest BCUT2D eigenvalue weighted by atomic mass is 16.6. The number of cyclic esters (lactones) is 1. The first-order valence-electron chi connectivity index (χ1n) is 7.78. The van der Waals surface area contributed by atoms with E-state index in [1.54, 1.807) is 11.1 Å². The van der Waals surface area contributed by atoms with Crippen molar-refractivity contribution in [3.63, 3.8) is 0 Å². The summed E-state index contributed by atoms with van der Waals surface area (Å²) in [6.45, 7) is 1.63. The maximum atomic E-state index is 11.7. The van der Waals surface area contributed by atoms with Gasteiger partial charge in [-0.05, 0) is 29.8 Å². The van der Waals surface area contributed by atoms with Crippen LogP contribution in [0.4, 0.5) is 16.3 Å². The van der Waals surface area contributed by atoms with Gasteiger partial charge < -0.3 is 10.1 Å². The lowest BCUT2D eigenvalue weighted by molar-refractivity contribution is 0.181. The van der Waals surface area contributed by atoms with Crippen molar-refractivity contribution < 1.29 is 9.53 Å². The van der Waals surface area contributed by atoms with Gasteiger partial charge in [-0.15, -0.1) is 0 Å². The van der Waals surface area contributed by atoms with Crippen LogP contribution in [0.5, 0.6) is 0 Å². The SMILES string of the molecule is O=C1OCCN1c1cccc(CNc2cnc3ccccc3n2)c1. The van der Waals surface area contributed by atoms with E-state index < -0.39 is 0 Å². The zero-order valence-corrected chi connectivity index (χ0v) is 13.0. The number of hydrogen-bond acceptors (Lipinski definition) is 5. The Hall–Kier alpha value is -3.15. The van der Waals surface area contributed by atoms with Gasteiger partial charge in [0, 0.05) is 12.2 Å². The second-order valence-corrected chi connectivity index (χ2v) is 5.53. The van der Waals surface area contributed by atoms with Gasteiger partial charge in [-0.1, -0.05) is 24.3 Å². The Morgan fingerprint density at radius 2 is 2.00 bits per heavy atom. The van der Waals surface area contributed by atoms with Crippen LogP contribution < -0.4 is 10.2 Å². The molecule has 1 aliphatic rings. The third-order valence-electron chi connectivity index (χ3n) is 3.91. The van der Waals surface area contributed by atoms with E-state index in [0.29, 0.717) is 19.7 Å². The highest BCUT2D eigenvalue weighted by molar-refractivity contribution is 5.89. The van der Waals surface area contributed by atoms with Crippen LogP contribution in [0.3, 0.4) is 0 Å². The predicted molar refractivity (Wildman–Crippen MR) is 92.0 cm³/mol. The second kappa shape index (κ2) is 6.16. The van der Waals surface area contributed by atoms with E-state index in [2.05, 4.69) is 15.3 Å². The second-order valence-electron chi connectivity index (χ2n) is 5.53. The van der Waals surface area contributed by atoms with Crippen LogP contribution in [0.25, 0.3) is 11.0 Å². The number of rotatable bonds is 4. The molecule has 1 saturated heterocycles. The lowest BCUT2D eigenvalue weighted by atomic mass is 10.2. The van der Waals surface area contributed by atoms with Crippen molar-refractivity contribution in [1.82, 2.24) is 9.97 Å². The summed E-state index contributed by atoms with van der Waals surface area (Å²) in [5.41, 5.74) is 3.64. The summed E-state index contributed by atoms with van der Waals surface area (Å²) in [6.07, 6.45) is 1.44. The molecule has 4 rings (SSSR count). The number of carbonyl (C=O) groups is 1. The minimum absolute atomic E-state index is 0.291. The Balaban J connectivity index is 1.49. The quantitative estimate of drug-likeness (QED) is 0.799. The molecular weight excluding hydrogens is 304 g/mol. The van der Waals surface area contributed by atoms with Crippen molar-refractivity contribution in [3.05, 3.63) is 60.3 Å². The fourth-order valence-corrected chi connectivity index (χ4v) is 2.70. The standard InChI is InChI=1S/C18H16N4O2/c23-18-22(8-9-24-18)14-5-3-4-13(10-14)11-20-17-12-19-15-6-1-2-7-16(15)21-17/h1-7,10,12H,8-9,11H2,(H,20,21). The smallest absolute Gasteiger partial charge is 0.414 e. The topological polar surface area (TPSA) is 67.3 Å². The Morgan fingerprint density at radius 3 is 2.83 bits per heavy atom. The molecule has 120 valence electrons. The molecule has 1 amide bonds. The summed E-state index contributed by atoms with van der Waals surface area (Å²) >= 11 is 0. The molecule has 6 nitrogen and oxygen atoms in total. The number of fused-ring (bicyclic) bond motifs is 1. The van der Waals surface area contributed by atoms with E-state index >= 15 is 0 Å². The van der Waals surface area contributed by atoms with Gasteiger partial charge in [-0.25, -0.2) is 9.78 Å². The van der Waals surface area contributed by atoms with Crippen molar-refractivity contribution in [2.24, 2.45) is 0 Å². The predicted octanol–water partition coefficient (Wildman–Crippen LogP) is 3.20. The molecule has 0 saturated carbocycles. The number of nitrogens with zero attached hydrogens (tertiary/aromatic N) is 3. The zero-order valence-electron chi connectivity index (χ0n) is 13.0. The molecule has 0 spiro atoms. The first-order chi connectivity index (χ1) is 11.8. The number of hydrogen-bond donors (Lipinski definition) is 1. The first kappa shape index (κ1) is 14.4. The van der Waals surface area contributed by atoms with Crippen molar-refractivity contribution in [2.45, 2.75) is 6.54 Å². The molecule has 2 heterocycles. The van der Waals surface area contributed by atoms with E-state index in [1.807, 2.05) is 48.5 Å². The van der Waals surface area contributed by atoms with Crippen molar-refractivity contribution in [1.29, 1.82) is 0 Å². The fraction of sp³-hybridized carbons (Fsp3) is 0.167. The van der Waals surface area contributed by atoms with Crippen LogP contribution >= 0.6 is 0 Å². The normalized spacial score (nSPS) is 14.0. The van der Waals surface area contributed by atoms with Crippen LogP contribution in [-0.2, 0) is 11.3 Å². The minimum Gasteiger partial charge on any atom is -0.447 e. The summed E-state index contributed by atoms with van der Waals surface area (Å²) < 4.78 is 4.98. The number of aromatic nitrogens is 2. The van der Waals surface area contributed by atoms with Gasteiger partial charge in [0.05, 0.1) is 23.8 Å². The van der Waals surface area contributed by atoms with E-state index in [4.69, 9.17) is 4.74 Å². The van der Waals surface area contributed by atoms with E-state index in [-0.39, 0.29) is 6.09 Å². The highest BCUT2D eigenvalue weighted by Gasteiger charge is 2.23. The highest BCUT2D eigenvalue weighted by Crippen LogP contribution is 2.20. The molecule has 1 fully saturated rings. The molecule has 6 heteroatoms. The van der Waals surface area contributed by atoms with Crippen LogP contribution in [0, 0.1) is 0 Å². The number of amides is 1. The molecule has 0 radical (unpaired) electrons. The van der Waals surface area contributed by atoms with Crippen molar-refractivity contribution in [2.75, 3.05) is 23.4 Å². The molecule has 0 atom stereocenters. The molecule has 24 heavy (non-hydrogen) atoms. The average molecular weight is 320 g/mol. The van der Waals surface area contributed by atoms with Crippen LogP contribution in [0.15, 0.2) is 54.7 Å². The number of anilines is 2. The van der Waals surface area contributed by atoms with Crippen molar-refractivity contribution >= 4 is 28.6 Å². The summed E-state index contributed by atoms with van der Waals surface area (Å²) in [7, 11) is 0. The van der Waals surface area contributed by atoms with Gasteiger partial charge in [0.25, 0.3) is 0 Å². The van der Waals surface area contributed by atoms with Crippen LogP contribution in [0.1, 0.15) is 5.56 Å². The maximum absolute atomic E-state index is 11.7. The van der Waals surface area contributed by atoms with E-state index in [9.17, 15) is 4.79 Å². The molecule has 0 bridgehead atoms. The monoisotopic (exact) mass is 320 g/mol. The number of para-hydroxylation sites is 2. The molecule has 2 aromatic carbocycles. The third-order valence-corrected chi connectivity index (χ3v) is 3.91. The Labute approximate surface area is 139 Å². The molecule has 0 aliphatic carbocycles. The molecule has 1 aliphatic heterocycles. The largest absolute Gasteiger partial charge is 0.447 e.